The summed E-state index contributed by atoms with van der Waals surface area (Å²) in [6.07, 6.45) is 4.20. The highest BCUT2D eigenvalue weighted by Gasteiger charge is 2.21. The summed E-state index contributed by atoms with van der Waals surface area (Å²) >= 11 is 0. The van der Waals surface area contributed by atoms with Gasteiger partial charge in [-0.05, 0) is 269 Å². The Morgan fingerprint density at radius 3 is 0.902 bits per heavy atom. The number of aryl methyl sites for hydroxylation is 5. The Bertz CT molecular complexity index is 7210. The van der Waals surface area contributed by atoms with Gasteiger partial charge < -0.3 is 61.2 Å². The summed E-state index contributed by atoms with van der Waals surface area (Å²) in [5.74, 6) is 2.12. The van der Waals surface area contributed by atoms with Crippen LogP contribution >= 0.6 is 0 Å². The maximum Gasteiger partial charge on any atom is 0.255 e. The number of carbonyl (C=O) groups excluding carboxylic acids is 8. The fourth-order valence-corrected chi connectivity index (χ4v) is 14.9. The van der Waals surface area contributed by atoms with E-state index in [4.69, 9.17) is 15.0 Å². The number of anilines is 8. The fraction of sp³-hybridized carbons (Fsp3) is 0.119. The number of H-pyrrole nitrogens is 1. The molecule has 0 spiro atoms. The zero-order chi connectivity index (χ0) is 92.9. The smallest absolute Gasteiger partial charge is 0.255 e. The summed E-state index contributed by atoms with van der Waals surface area (Å²) in [5, 5.41) is 23.2. The van der Waals surface area contributed by atoms with E-state index in [0.717, 1.165) is 151 Å². The van der Waals surface area contributed by atoms with Crippen LogP contribution in [0.15, 0.2) is 340 Å². The molecule has 18 rings (SSSR count). The number of fused-ring (bicyclic) bond motifs is 4. The molecule has 133 heavy (non-hydrogen) atoms. The van der Waals surface area contributed by atoms with Gasteiger partial charge in [-0.3, -0.25) is 38.4 Å². The number of amides is 8. The molecule has 4 heterocycles. The van der Waals surface area contributed by atoms with Crippen LogP contribution < -0.4 is 42.5 Å². The summed E-state index contributed by atoms with van der Waals surface area (Å²) in [6, 6.07) is 105. The van der Waals surface area contributed by atoms with Crippen LogP contribution in [0, 0.1) is 13.8 Å². The van der Waals surface area contributed by atoms with Crippen LogP contribution in [-0.2, 0) is 29.7 Å². The van der Waals surface area contributed by atoms with Gasteiger partial charge in [0.2, 0.25) is 11.8 Å². The van der Waals surface area contributed by atoms with Gasteiger partial charge in [-0.1, -0.05) is 135 Å². The third kappa shape index (κ3) is 23.2. The molecule has 0 aliphatic carbocycles. The topological polar surface area (TPSA) is 315 Å². The molecule has 18 aromatic rings. The minimum atomic E-state index is -0.160. The van der Waals surface area contributed by atoms with Crippen LogP contribution in [0.2, 0.25) is 0 Å². The van der Waals surface area contributed by atoms with Crippen LogP contribution in [0.3, 0.4) is 0 Å². The molecule has 14 aromatic carbocycles. The Morgan fingerprint density at radius 1 is 0.278 bits per heavy atom. The van der Waals surface area contributed by atoms with Crippen molar-refractivity contribution in [3.05, 3.63) is 384 Å². The van der Waals surface area contributed by atoms with Crippen LogP contribution in [0.25, 0.3) is 89.7 Å². The minimum Gasteiger partial charge on any atom is -0.338 e. The molecule has 4 aromatic heterocycles. The van der Waals surface area contributed by atoms with Crippen molar-refractivity contribution >= 4 is 137 Å². The highest BCUT2D eigenvalue weighted by molar-refractivity contribution is 6.09. The minimum absolute atomic E-state index is 0.0991. The van der Waals surface area contributed by atoms with Crippen molar-refractivity contribution in [1.29, 1.82) is 0 Å². The van der Waals surface area contributed by atoms with Gasteiger partial charge in [0.05, 0.1) is 44.1 Å². The lowest BCUT2D eigenvalue weighted by Gasteiger charge is -2.10. The molecule has 24 nitrogen and oxygen atoms in total. The van der Waals surface area contributed by atoms with Crippen LogP contribution in [0.5, 0.6) is 0 Å². The summed E-state index contributed by atoms with van der Waals surface area (Å²) in [5.41, 5.74) is 22.4. The molecule has 662 valence electrons. The third-order valence-corrected chi connectivity index (χ3v) is 21.9. The van der Waals surface area contributed by atoms with E-state index in [9.17, 15) is 38.4 Å². The molecule has 0 saturated carbocycles. The Balaban J connectivity index is 0.000000136. The van der Waals surface area contributed by atoms with E-state index in [1.807, 2.05) is 317 Å². The Kier molecular flexibility index (Phi) is 29.0. The molecule has 8 amide bonds. The Hall–Kier alpha value is -17.3. The number of hydrogen-bond donors (Lipinski definition) is 9. The molecular weight excluding hydrogens is 1660 g/mol. The number of aromatic amines is 1. The largest absolute Gasteiger partial charge is 0.338 e. The lowest BCUT2D eigenvalue weighted by Crippen LogP contribution is -2.11. The van der Waals surface area contributed by atoms with Crippen LogP contribution in [0.4, 0.5) is 45.5 Å². The second kappa shape index (κ2) is 42.6. The molecule has 0 aliphatic heterocycles. The van der Waals surface area contributed by atoms with Crippen molar-refractivity contribution in [1.82, 2.24) is 38.6 Å². The summed E-state index contributed by atoms with van der Waals surface area (Å²) in [7, 11) is 1.95. The number of unbranched alkanes of at least 4 members (excludes halogenated alkanes) is 2. The highest BCUT2D eigenvalue weighted by Crippen LogP contribution is 2.34. The lowest BCUT2D eigenvalue weighted by atomic mass is 10.1. The van der Waals surface area contributed by atoms with Crippen molar-refractivity contribution in [2.24, 2.45) is 7.05 Å². The summed E-state index contributed by atoms with van der Waals surface area (Å²) < 4.78 is 6.44. The zero-order valence-electron chi connectivity index (χ0n) is 74.5. The van der Waals surface area contributed by atoms with Crippen molar-refractivity contribution in [2.75, 3.05) is 42.5 Å². The molecule has 0 unspecified atom stereocenters. The second-order valence-electron chi connectivity index (χ2n) is 31.9. The summed E-state index contributed by atoms with van der Waals surface area (Å²) in [6.45, 7) is 13.0. The molecule has 9 N–H and O–H groups in total. The fourth-order valence-electron chi connectivity index (χ4n) is 14.9. The molecule has 0 fully saturated rings. The summed E-state index contributed by atoms with van der Waals surface area (Å²) in [4.78, 5) is 120. The highest BCUT2D eigenvalue weighted by atomic mass is 16.2. The number of hydrogen-bond acceptors (Lipinski definition) is 12. The average molecular weight is 1760 g/mol. The molecular formula is C109H98N16O8. The van der Waals surface area contributed by atoms with Gasteiger partial charge in [0.1, 0.15) is 23.3 Å². The van der Waals surface area contributed by atoms with Crippen molar-refractivity contribution in [2.45, 2.75) is 80.3 Å². The molecule has 0 aliphatic rings. The standard InChI is InChI=1S/C31H28N4O2.C29H24N4O2.C26H26N4O2.C23H20N4O2/c1-2-3-20-35-28-19-18-26(33-31(37)24-12-8-5-9-13-24)21-27(28)34-29(35)22-14-16-25(17-15-22)32-30(36)23-10-6-4-7-11-23;1-18-3-7-21(8-4-18)28(34)30-23-13-11-20(12-14-23)27-32-25-16-15-24(17-26(25)33-27)31-29(35)22-9-5-19(2)6-10-22;1-3-4-16-30-24-15-14-22(28-26(32)20-8-6-5-7-9-20)17-23(24)29-25(30)19-10-12-21(13-11-19)27-18(2)31;1-15(28)24-18-10-8-16(9-11-18)22-26-20-14-19(12-13-21(20)27(22)2)25-23(29)17-6-4-3-5-7-17/h4-19,21H,2-3,20H2,1H3,(H,32,36)(H,33,37);3-17H,1-2H3,(H,30,34)(H,31,35)(H,32,33);5-15,17H,3-4,16H2,1-2H3,(H,27,31)(H,28,32);3-14H,1-2H3,(H,24,28)(H,25,29). The molecule has 0 bridgehead atoms. The van der Waals surface area contributed by atoms with Gasteiger partial charge in [-0.15, -0.1) is 0 Å². The van der Waals surface area contributed by atoms with E-state index >= 15 is 0 Å². The lowest BCUT2D eigenvalue weighted by molar-refractivity contribution is -0.115. The van der Waals surface area contributed by atoms with Gasteiger partial charge in [0.25, 0.3) is 35.4 Å². The van der Waals surface area contributed by atoms with Crippen molar-refractivity contribution < 1.29 is 38.4 Å². The number of carbonyl (C=O) groups is 8. The number of benzene rings is 14. The maximum atomic E-state index is 12.6. The van der Waals surface area contributed by atoms with Gasteiger partial charge in [-0.25, -0.2) is 19.9 Å². The van der Waals surface area contributed by atoms with E-state index in [1.54, 1.807) is 48.5 Å². The van der Waals surface area contributed by atoms with Gasteiger partial charge in [-0.2, -0.15) is 0 Å². The number of nitrogens with one attached hydrogen (secondary N) is 9. The first kappa shape index (κ1) is 90.5. The van der Waals surface area contributed by atoms with E-state index in [2.05, 4.69) is 75.5 Å². The Morgan fingerprint density at radius 2 is 0.556 bits per heavy atom. The van der Waals surface area contributed by atoms with E-state index < -0.39 is 0 Å². The van der Waals surface area contributed by atoms with E-state index in [-0.39, 0.29) is 47.3 Å². The first-order valence-electron chi connectivity index (χ1n) is 43.8. The van der Waals surface area contributed by atoms with Crippen LogP contribution in [0.1, 0.15) is 127 Å². The zero-order valence-corrected chi connectivity index (χ0v) is 74.5. The molecule has 0 atom stereocenters. The van der Waals surface area contributed by atoms with Gasteiger partial charge in [0.15, 0.2) is 0 Å². The molecule has 0 radical (unpaired) electrons. The SMILES string of the molecule is CC(=O)Nc1ccc(-c2nc3cc(NC(=O)c4ccccc4)ccc3n2C)cc1.CCCCn1c(-c2ccc(NC(=O)c3ccccc3)cc2)nc2cc(NC(=O)c3ccccc3)ccc21.CCCCn1c(-c2ccc(NC(C)=O)cc2)nc2cc(NC(=O)c3ccccc3)ccc21.Cc1ccc(C(=O)Nc2ccc(-c3nc4ccc(NC(=O)c5ccc(C)cc5)cc4[nH]3)cc2)cc1. The van der Waals surface area contributed by atoms with E-state index in [1.165, 1.54) is 13.8 Å². The van der Waals surface area contributed by atoms with E-state index in [0.29, 0.717) is 67.6 Å². The Labute approximate surface area is 769 Å². The average Bonchev–Trinajstić information content (AvgIpc) is 1.66. The quantitative estimate of drug-likeness (QED) is 0.0273. The monoisotopic (exact) mass is 1760 g/mol. The maximum absolute atomic E-state index is 12.6. The van der Waals surface area contributed by atoms with Gasteiger partial charge >= 0.3 is 0 Å². The van der Waals surface area contributed by atoms with Crippen molar-refractivity contribution in [3.63, 3.8) is 0 Å². The molecule has 24 heteroatoms. The third-order valence-electron chi connectivity index (χ3n) is 21.9. The number of nitrogens with zero attached hydrogens (tertiary/aromatic N) is 7. The predicted molar refractivity (Wildman–Crippen MR) is 532 cm³/mol. The first-order valence-corrected chi connectivity index (χ1v) is 43.8. The number of rotatable bonds is 24. The van der Waals surface area contributed by atoms with Crippen molar-refractivity contribution in [3.8, 4) is 45.6 Å². The first-order chi connectivity index (χ1) is 64.6. The number of aromatic nitrogens is 8. The molecule has 0 saturated heterocycles. The predicted octanol–water partition coefficient (Wildman–Crippen LogP) is 23.5. The number of imidazole rings is 4. The van der Waals surface area contributed by atoms with Gasteiger partial charge in [0, 0.05) is 135 Å². The normalized spacial score (nSPS) is 10.8. The second-order valence-corrected chi connectivity index (χ2v) is 31.9. The van der Waals surface area contributed by atoms with Crippen LogP contribution in [-0.4, -0.2) is 85.9 Å².